The summed E-state index contributed by atoms with van der Waals surface area (Å²) >= 11 is 11.3. The lowest BCUT2D eigenvalue weighted by Gasteiger charge is -2.10. The third-order valence-corrected chi connectivity index (χ3v) is 2.76. The molecule has 6 heteroatoms. The van der Waals surface area contributed by atoms with Crippen LogP contribution in [0.5, 0.6) is 0 Å². The van der Waals surface area contributed by atoms with Gasteiger partial charge < -0.3 is 5.11 Å². The molecule has 1 rings (SSSR count). The molecule has 0 aromatic heterocycles. The fourth-order valence-electron chi connectivity index (χ4n) is 1.10. The fraction of sp³-hybridized carbons (Fsp3) is 0.300. The predicted molar refractivity (Wildman–Crippen MR) is 57.4 cm³/mol. The van der Waals surface area contributed by atoms with E-state index in [1.807, 2.05) is 0 Å². The summed E-state index contributed by atoms with van der Waals surface area (Å²) in [6.45, 7) is 0. The van der Waals surface area contributed by atoms with Crippen LogP contribution >= 0.6 is 23.2 Å². The lowest BCUT2D eigenvalue weighted by Crippen LogP contribution is -2.28. The molecule has 88 valence electrons. The molecule has 0 atom stereocenters. The molecule has 0 amide bonds. The molecule has 0 aliphatic carbocycles. The van der Waals surface area contributed by atoms with Gasteiger partial charge in [0.2, 0.25) is 0 Å². The molecule has 1 aromatic rings. The van der Waals surface area contributed by atoms with E-state index >= 15 is 0 Å². The quantitative estimate of drug-likeness (QED) is 0.905. The van der Waals surface area contributed by atoms with Crippen molar-refractivity contribution in [1.82, 2.24) is 0 Å². The van der Waals surface area contributed by atoms with Gasteiger partial charge in [0, 0.05) is 6.42 Å². The van der Waals surface area contributed by atoms with Gasteiger partial charge in [0.15, 0.2) is 0 Å². The summed E-state index contributed by atoms with van der Waals surface area (Å²) in [5.74, 6) is -5.83. The first-order chi connectivity index (χ1) is 7.33. The summed E-state index contributed by atoms with van der Waals surface area (Å²) < 4.78 is 25.5. The van der Waals surface area contributed by atoms with Crippen LogP contribution in [0, 0.1) is 0 Å². The standard InChI is InChI=1S/C10H8Cl2F2O2/c11-7-2-1-6(5-8(7)12)3-4-10(13,14)9(15)16/h1-2,5H,3-4H2,(H,15,16). The average molecular weight is 269 g/mol. The second-order valence-corrected chi connectivity index (χ2v) is 4.07. The Bertz CT molecular complexity index is 408. The summed E-state index contributed by atoms with van der Waals surface area (Å²) in [4.78, 5) is 10.2. The number of hydrogen-bond donors (Lipinski definition) is 1. The van der Waals surface area contributed by atoms with E-state index in [0.717, 1.165) is 0 Å². The van der Waals surface area contributed by atoms with Crippen molar-refractivity contribution in [2.24, 2.45) is 0 Å². The second kappa shape index (κ2) is 4.97. The maximum Gasteiger partial charge on any atom is 0.374 e. The van der Waals surface area contributed by atoms with Gasteiger partial charge in [0.25, 0.3) is 0 Å². The van der Waals surface area contributed by atoms with E-state index in [9.17, 15) is 13.6 Å². The summed E-state index contributed by atoms with van der Waals surface area (Å²) in [6.07, 6.45) is -0.837. The highest BCUT2D eigenvalue weighted by Gasteiger charge is 2.37. The second-order valence-electron chi connectivity index (χ2n) is 3.26. The first kappa shape index (κ1) is 13.2. The number of aliphatic carboxylic acids is 1. The molecule has 16 heavy (non-hydrogen) atoms. The van der Waals surface area contributed by atoms with Crippen LogP contribution in [0.25, 0.3) is 0 Å². The van der Waals surface area contributed by atoms with E-state index in [1.165, 1.54) is 18.2 Å². The Morgan fingerprint density at radius 3 is 2.44 bits per heavy atom. The minimum absolute atomic E-state index is 0.0732. The van der Waals surface area contributed by atoms with Crippen molar-refractivity contribution in [3.63, 3.8) is 0 Å². The largest absolute Gasteiger partial charge is 0.477 e. The molecule has 0 saturated heterocycles. The Morgan fingerprint density at radius 2 is 1.94 bits per heavy atom. The lowest BCUT2D eigenvalue weighted by atomic mass is 10.1. The minimum Gasteiger partial charge on any atom is -0.477 e. The molecule has 0 aliphatic rings. The zero-order valence-corrected chi connectivity index (χ0v) is 9.53. The van der Waals surface area contributed by atoms with Crippen molar-refractivity contribution in [2.45, 2.75) is 18.8 Å². The highest BCUT2D eigenvalue weighted by atomic mass is 35.5. The number of carboxylic acids is 1. The number of carboxylic acid groups (broad SMARTS) is 1. The molecule has 0 heterocycles. The van der Waals surface area contributed by atoms with Crippen LogP contribution in [-0.2, 0) is 11.2 Å². The van der Waals surface area contributed by atoms with Crippen LogP contribution in [0.4, 0.5) is 8.78 Å². The van der Waals surface area contributed by atoms with E-state index in [-0.39, 0.29) is 11.4 Å². The van der Waals surface area contributed by atoms with Gasteiger partial charge in [0.05, 0.1) is 10.0 Å². The SMILES string of the molecule is O=C(O)C(F)(F)CCc1ccc(Cl)c(Cl)c1. The number of hydrogen-bond acceptors (Lipinski definition) is 1. The van der Waals surface area contributed by atoms with Gasteiger partial charge in [-0.05, 0) is 24.1 Å². The molecule has 0 fully saturated rings. The van der Waals surface area contributed by atoms with Crippen LogP contribution in [0.15, 0.2) is 18.2 Å². The van der Waals surface area contributed by atoms with Crippen molar-refractivity contribution in [2.75, 3.05) is 0 Å². The molecule has 0 saturated carbocycles. The molecule has 0 unspecified atom stereocenters. The van der Waals surface area contributed by atoms with Crippen molar-refractivity contribution in [3.8, 4) is 0 Å². The summed E-state index contributed by atoms with van der Waals surface area (Å²) in [5.41, 5.74) is 0.523. The molecule has 1 N–H and O–H groups in total. The summed E-state index contributed by atoms with van der Waals surface area (Å²) in [5, 5.41) is 8.81. The van der Waals surface area contributed by atoms with E-state index in [1.54, 1.807) is 0 Å². The van der Waals surface area contributed by atoms with Gasteiger partial charge in [0.1, 0.15) is 0 Å². The van der Waals surface area contributed by atoms with Gasteiger partial charge in [-0.3, -0.25) is 0 Å². The van der Waals surface area contributed by atoms with Gasteiger partial charge >= 0.3 is 11.9 Å². The Kier molecular flexibility index (Phi) is 4.10. The molecule has 2 nitrogen and oxygen atoms in total. The molecular formula is C10H8Cl2F2O2. The molecule has 0 spiro atoms. The number of alkyl halides is 2. The normalized spacial score (nSPS) is 11.5. The zero-order chi connectivity index (χ0) is 12.3. The first-order valence-electron chi connectivity index (χ1n) is 4.38. The van der Waals surface area contributed by atoms with Crippen LogP contribution in [0.3, 0.4) is 0 Å². The monoisotopic (exact) mass is 268 g/mol. The highest BCUT2D eigenvalue weighted by Crippen LogP contribution is 2.26. The van der Waals surface area contributed by atoms with Crippen LogP contribution in [0.1, 0.15) is 12.0 Å². The first-order valence-corrected chi connectivity index (χ1v) is 5.13. The number of benzene rings is 1. The Morgan fingerprint density at radius 1 is 1.31 bits per heavy atom. The van der Waals surface area contributed by atoms with Gasteiger partial charge in [-0.25, -0.2) is 4.79 Å². The Hall–Kier alpha value is -0.870. The van der Waals surface area contributed by atoms with Crippen molar-refractivity contribution in [3.05, 3.63) is 33.8 Å². The number of aryl methyl sites for hydroxylation is 1. The minimum atomic E-state index is -3.72. The molecule has 1 aromatic carbocycles. The maximum absolute atomic E-state index is 12.8. The van der Waals surface area contributed by atoms with E-state index < -0.39 is 18.3 Å². The molecule has 0 radical (unpaired) electrons. The van der Waals surface area contributed by atoms with Crippen molar-refractivity contribution >= 4 is 29.2 Å². The van der Waals surface area contributed by atoms with Gasteiger partial charge in [-0.2, -0.15) is 8.78 Å². The van der Waals surface area contributed by atoms with Crippen LogP contribution in [-0.4, -0.2) is 17.0 Å². The van der Waals surface area contributed by atoms with Crippen LogP contribution in [0.2, 0.25) is 10.0 Å². The van der Waals surface area contributed by atoms with E-state index in [2.05, 4.69) is 0 Å². The smallest absolute Gasteiger partial charge is 0.374 e. The summed E-state index contributed by atoms with van der Waals surface area (Å²) in [6, 6.07) is 4.46. The van der Waals surface area contributed by atoms with Gasteiger partial charge in [-0.1, -0.05) is 29.3 Å². The third-order valence-electron chi connectivity index (χ3n) is 2.02. The topological polar surface area (TPSA) is 37.3 Å². The number of rotatable bonds is 4. The predicted octanol–water partition coefficient (Wildman–Crippen LogP) is 3.65. The van der Waals surface area contributed by atoms with Gasteiger partial charge in [-0.15, -0.1) is 0 Å². The third kappa shape index (κ3) is 3.32. The number of carbonyl (C=O) groups is 1. The molecule has 0 bridgehead atoms. The average Bonchev–Trinajstić information content (AvgIpc) is 2.20. The lowest BCUT2D eigenvalue weighted by molar-refractivity contribution is -0.165. The van der Waals surface area contributed by atoms with E-state index in [0.29, 0.717) is 10.6 Å². The van der Waals surface area contributed by atoms with E-state index in [4.69, 9.17) is 28.3 Å². The summed E-state index contributed by atoms with van der Waals surface area (Å²) in [7, 11) is 0. The zero-order valence-electron chi connectivity index (χ0n) is 8.01. The van der Waals surface area contributed by atoms with Crippen LogP contribution < -0.4 is 0 Å². The number of halogens is 4. The maximum atomic E-state index is 12.8. The fourth-order valence-corrected chi connectivity index (χ4v) is 1.42. The Labute approximate surface area is 101 Å². The Balaban J connectivity index is 2.68. The van der Waals surface area contributed by atoms with Crippen molar-refractivity contribution in [1.29, 1.82) is 0 Å². The van der Waals surface area contributed by atoms with Crippen molar-refractivity contribution < 1.29 is 18.7 Å². The molecular weight excluding hydrogens is 261 g/mol. The highest BCUT2D eigenvalue weighted by molar-refractivity contribution is 6.42. The molecule has 0 aliphatic heterocycles.